The molecule has 134 valence electrons. The highest BCUT2D eigenvalue weighted by Crippen LogP contribution is 2.25. The van der Waals surface area contributed by atoms with Crippen LogP contribution in [-0.4, -0.2) is 21.6 Å². The molecule has 5 nitrogen and oxygen atoms in total. The fraction of sp³-hybridized carbons (Fsp3) is 0.0952. The van der Waals surface area contributed by atoms with Crippen molar-refractivity contribution >= 4 is 22.7 Å². The van der Waals surface area contributed by atoms with E-state index >= 15 is 0 Å². The number of benzene rings is 2. The molecule has 0 spiro atoms. The molecule has 0 aliphatic heterocycles. The number of aromatic nitrogens is 3. The quantitative estimate of drug-likeness (QED) is 0.389. The van der Waals surface area contributed by atoms with E-state index in [4.69, 9.17) is 9.72 Å². The second-order valence-electron chi connectivity index (χ2n) is 5.86. The number of rotatable bonds is 5. The lowest BCUT2D eigenvalue weighted by atomic mass is 10.2. The SMILES string of the molecule is COc1cccc(-n2c(SCc3ccccn3)nc3ccccc3c2=O)c1. The molecule has 2 aromatic heterocycles. The second kappa shape index (κ2) is 7.63. The van der Waals surface area contributed by atoms with E-state index < -0.39 is 0 Å². The number of hydrogen-bond acceptors (Lipinski definition) is 5. The molecular weight excluding hydrogens is 358 g/mol. The van der Waals surface area contributed by atoms with Gasteiger partial charge in [0.2, 0.25) is 0 Å². The molecule has 2 heterocycles. The topological polar surface area (TPSA) is 57.0 Å². The molecule has 0 fully saturated rings. The van der Waals surface area contributed by atoms with Crippen LogP contribution < -0.4 is 10.3 Å². The minimum atomic E-state index is -0.0997. The predicted octanol–water partition coefficient (Wildman–Crippen LogP) is 4.08. The van der Waals surface area contributed by atoms with E-state index in [1.807, 2.05) is 60.7 Å². The van der Waals surface area contributed by atoms with Gasteiger partial charge in [0.15, 0.2) is 5.16 Å². The first kappa shape index (κ1) is 17.3. The summed E-state index contributed by atoms with van der Waals surface area (Å²) in [5.74, 6) is 1.31. The summed E-state index contributed by atoms with van der Waals surface area (Å²) in [5, 5.41) is 1.21. The van der Waals surface area contributed by atoms with Crippen molar-refractivity contribution in [3.63, 3.8) is 0 Å². The number of nitrogens with zero attached hydrogens (tertiary/aromatic N) is 3. The smallest absolute Gasteiger partial charge is 0.266 e. The lowest BCUT2D eigenvalue weighted by Crippen LogP contribution is -2.21. The number of hydrogen-bond donors (Lipinski definition) is 0. The maximum atomic E-state index is 13.2. The zero-order valence-electron chi connectivity index (χ0n) is 14.7. The summed E-state index contributed by atoms with van der Waals surface area (Å²) < 4.78 is 6.96. The molecular formula is C21H17N3O2S. The van der Waals surface area contributed by atoms with Gasteiger partial charge in [-0.3, -0.25) is 14.3 Å². The minimum absolute atomic E-state index is 0.0997. The van der Waals surface area contributed by atoms with Crippen LogP contribution in [0.5, 0.6) is 5.75 Å². The first-order chi connectivity index (χ1) is 13.3. The molecule has 0 N–H and O–H groups in total. The summed E-state index contributed by atoms with van der Waals surface area (Å²) in [5.41, 5.74) is 2.24. The van der Waals surface area contributed by atoms with E-state index in [-0.39, 0.29) is 5.56 Å². The Labute approximate surface area is 160 Å². The van der Waals surface area contributed by atoms with Gasteiger partial charge < -0.3 is 4.74 Å². The van der Waals surface area contributed by atoms with Crippen molar-refractivity contribution in [2.24, 2.45) is 0 Å². The maximum Gasteiger partial charge on any atom is 0.266 e. The standard InChI is InChI=1S/C21H17N3O2S/c1-26-17-9-6-8-16(13-17)24-20(25)18-10-2-3-11-19(18)23-21(24)27-14-15-7-4-5-12-22-15/h2-13H,14H2,1H3. The van der Waals surface area contributed by atoms with E-state index in [9.17, 15) is 4.79 Å². The molecule has 0 radical (unpaired) electrons. The van der Waals surface area contributed by atoms with E-state index in [1.165, 1.54) is 11.8 Å². The largest absolute Gasteiger partial charge is 0.497 e. The third-order valence-electron chi connectivity index (χ3n) is 4.13. The highest BCUT2D eigenvalue weighted by molar-refractivity contribution is 7.98. The highest BCUT2D eigenvalue weighted by atomic mass is 32.2. The maximum absolute atomic E-state index is 13.2. The Kier molecular flexibility index (Phi) is 4.89. The Hall–Kier alpha value is -3.12. The summed E-state index contributed by atoms with van der Waals surface area (Å²) in [6, 6.07) is 20.6. The monoisotopic (exact) mass is 375 g/mol. The van der Waals surface area contributed by atoms with Gasteiger partial charge in [-0.1, -0.05) is 36.0 Å². The van der Waals surface area contributed by atoms with Crippen LogP contribution in [0.1, 0.15) is 5.69 Å². The second-order valence-corrected chi connectivity index (χ2v) is 6.81. The van der Waals surface area contributed by atoms with Gasteiger partial charge in [-0.2, -0.15) is 0 Å². The van der Waals surface area contributed by atoms with Gasteiger partial charge in [0.05, 0.1) is 29.4 Å². The summed E-state index contributed by atoms with van der Waals surface area (Å²) in [6.45, 7) is 0. The molecule has 4 rings (SSSR count). The molecule has 27 heavy (non-hydrogen) atoms. The van der Waals surface area contributed by atoms with Crippen molar-refractivity contribution < 1.29 is 4.74 Å². The van der Waals surface area contributed by atoms with Gasteiger partial charge in [-0.25, -0.2) is 4.98 Å². The zero-order chi connectivity index (χ0) is 18.6. The molecule has 2 aromatic carbocycles. The van der Waals surface area contributed by atoms with Gasteiger partial charge in [-0.15, -0.1) is 0 Å². The normalized spacial score (nSPS) is 10.9. The van der Waals surface area contributed by atoms with Crippen molar-refractivity contribution in [2.75, 3.05) is 7.11 Å². The number of ether oxygens (including phenoxy) is 1. The molecule has 0 aliphatic rings. The third kappa shape index (κ3) is 3.57. The first-order valence-electron chi connectivity index (χ1n) is 8.45. The van der Waals surface area contributed by atoms with Crippen LogP contribution in [0, 0.1) is 0 Å². The molecule has 6 heteroatoms. The Balaban J connectivity index is 1.86. The van der Waals surface area contributed by atoms with Gasteiger partial charge in [0.25, 0.3) is 5.56 Å². The fourth-order valence-corrected chi connectivity index (χ4v) is 3.74. The highest BCUT2D eigenvalue weighted by Gasteiger charge is 2.14. The van der Waals surface area contributed by atoms with Gasteiger partial charge >= 0.3 is 0 Å². The van der Waals surface area contributed by atoms with Crippen LogP contribution in [-0.2, 0) is 5.75 Å². The molecule has 0 unspecified atom stereocenters. The zero-order valence-corrected chi connectivity index (χ0v) is 15.5. The van der Waals surface area contributed by atoms with Crippen molar-refractivity contribution in [3.8, 4) is 11.4 Å². The summed E-state index contributed by atoms with van der Waals surface area (Å²) in [7, 11) is 1.61. The van der Waals surface area contributed by atoms with Crippen molar-refractivity contribution in [3.05, 3.63) is 89.0 Å². The van der Waals surface area contributed by atoms with E-state index in [2.05, 4.69) is 4.98 Å². The first-order valence-corrected chi connectivity index (χ1v) is 9.44. The van der Waals surface area contributed by atoms with E-state index in [1.54, 1.807) is 23.9 Å². The number of fused-ring (bicyclic) bond motifs is 1. The molecule has 0 atom stereocenters. The molecule has 0 aliphatic carbocycles. The molecule has 0 saturated heterocycles. The molecule has 4 aromatic rings. The molecule has 0 bridgehead atoms. The number of pyridine rings is 1. The molecule has 0 saturated carbocycles. The van der Waals surface area contributed by atoms with Crippen molar-refractivity contribution in [2.45, 2.75) is 10.9 Å². The van der Waals surface area contributed by atoms with Gasteiger partial charge in [0, 0.05) is 18.0 Å². The van der Waals surface area contributed by atoms with E-state index in [0.29, 0.717) is 27.6 Å². The number of para-hydroxylation sites is 1. The number of thioether (sulfide) groups is 1. The van der Waals surface area contributed by atoms with Crippen LogP contribution in [0.2, 0.25) is 0 Å². The van der Waals surface area contributed by atoms with Crippen LogP contribution >= 0.6 is 11.8 Å². The third-order valence-corrected chi connectivity index (χ3v) is 5.10. The lowest BCUT2D eigenvalue weighted by molar-refractivity contribution is 0.414. The summed E-state index contributed by atoms with van der Waals surface area (Å²) in [6.07, 6.45) is 1.76. The Bertz CT molecular complexity index is 1140. The fourth-order valence-electron chi connectivity index (χ4n) is 2.81. The summed E-state index contributed by atoms with van der Waals surface area (Å²) >= 11 is 1.49. The molecule has 0 amide bonds. The average molecular weight is 375 g/mol. The van der Waals surface area contributed by atoms with E-state index in [0.717, 1.165) is 11.4 Å². The van der Waals surface area contributed by atoms with Crippen LogP contribution in [0.15, 0.2) is 82.9 Å². The Morgan fingerprint density at radius 3 is 2.70 bits per heavy atom. The number of methoxy groups -OCH3 is 1. The summed E-state index contributed by atoms with van der Waals surface area (Å²) in [4.78, 5) is 22.3. The van der Waals surface area contributed by atoms with Crippen LogP contribution in [0.4, 0.5) is 0 Å². The minimum Gasteiger partial charge on any atom is -0.497 e. The van der Waals surface area contributed by atoms with Gasteiger partial charge in [-0.05, 0) is 36.4 Å². The van der Waals surface area contributed by atoms with Crippen LogP contribution in [0.3, 0.4) is 0 Å². The Morgan fingerprint density at radius 1 is 1.04 bits per heavy atom. The predicted molar refractivity (Wildman–Crippen MR) is 108 cm³/mol. The Morgan fingerprint density at radius 2 is 1.89 bits per heavy atom. The van der Waals surface area contributed by atoms with Crippen LogP contribution in [0.25, 0.3) is 16.6 Å². The van der Waals surface area contributed by atoms with Gasteiger partial charge in [0.1, 0.15) is 5.75 Å². The lowest BCUT2D eigenvalue weighted by Gasteiger charge is -2.14. The average Bonchev–Trinajstić information content (AvgIpc) is 2.73. The van der Waals surface area contributed by atoms with Crippen molar-refractivity contribution in [1.82, 2.24) is 14.5 Å². The van der Waals surface area contributed by atoms with Crippen molar-refractivity contribution in [1.29, 1.82) is 0 Å².